The number of rotatable bonds is 4. The molecule has 0 aliphatic carbocycles. The Hall–Kier alpha value is -6.30. The molecule has 0 bridgehead atoms. The third-order valence-electron chi connectivity index (χ3n) is 15.2. The molecule has 5 heterocycles. The lowest BCUT2D eigenvalue weighted by molar-refractivity contribution is -0.723. The van der Waals surface area contributed by atoms with Gasteiger partial charge in [-0.3, -0.25) is 0 Å². The van der Waals surface area contributed by atoms with E-state index in [1.165, 1.54) is 61.1 Å². The van der Waals surface area contributed by atoms with Gasteiger partial charge in [-0.25, -0.2) is 0 Å². The molecule has 2 atom stereocenters. The largest absolute Gasteiger partial charge is 0.455 e. The molecule has 69 heavy (non-hydrogen) atoms. The first-order chi connectivity index (χ1) is 32.7. The zero-order valence-corrected chi connectivity index (χ0v) is 44.0. The lowest BCUT2D eigenvalue weighted by Gasteiger charge is -2.34. The molecule has 5 heteroatoms. The summed E-state index contributed by atoms with van der Waals surface area (Å²) in [5.74, 6) is 1.23. The number of allylic oxidation sites excluding steroid dienone is 1. The molecule has 11 rings (SSSR count). The van der Waals surface area contributed by atoms with Crippen molar-refractivity contribution in [3.8, 4) is 39.5 Å². The topological polar surface area (TPSA) is 25.8 Å². The van der Waals surface area contributed by atoms with Gasteiger partial charge in [-0.2, -0.15) is 13.7 Å². The van der Waals surface area contributed by atoms with Crippen LogP contribution in [0.3, 0.4) is 0 Å². The average Bonchev–Trinajstić information content (AvgIpc) is 3.85. The van der Waals surface area contributed by atoms with Crippen molar-refractivity contribution < 1.29 is 13.6 Å². The van der Waals surface area contributed by atoms with Crippen LogP contribution >= 0.6 is 0 Å². The van der Waals surface area contributed by atoms with Gasteiger partial charge in [-0.05, 0) is 94.2 Å². The molecule has 3 aromatic heterocycles. The van der Waals surface area contributed by atoms with Gasteiger partial charge in [0.2, 0.25) is 11.7 Å². The van der Waals surface area contributed by atoms with Gasteiger partial charge in [-0.1, -0.05) is 185 Å². The van der Waals surface area contributed by atoms with Crippen LogP contribution < -0.4 is 14.3 Å². The van der Waals surface area contributed by atoms with Crippen molar-refractivity contribution in [2.24, 2.45) is 5.41 Å². The minimum Gasteiger partial charge on any atom is -0.455 e. The standard InChI is InChI=1S/C64H69N3OSi/c1-40-58-48(46-35-32-44(63(5,6)7)37-50(46)54-36-43(38-62(2,3)4)56(39-65(54)58)69(11,12)13)33-30-42-31-34-49-47-24-17-20-29-55(47)68-60(49)57(42)61-66(40)52-27-18-19-28-53(52)67(61)59-45(41-22-15-14-16-23-41)25-21-26-51(59)64(8,9)10/h14-29,31-32,34-37,39,48,58H,1,30,33,38H2,2-13H3/q+2. The maximum Gasteiger partial charge on any atom is 0.304 e. The summed E-state index contributed by atoms with van der Waals surface area (Å²) in [7, 11) is -1.87. The first kappa shape index (κ1) is 45.2. The lowest BCUT2D eigenvalue weighted by Crippen LogP contribution is -2.57. The Morgan fingerprint density at radius 2 is 1.43 bits per heavy atom. The van der Waals surface area contributed by atoms with Gasteiger partial charge in [0.15, 0.2) is 28.5 Å². The molecule has 348 valence electrons. The maximum atomic E-state index is 7.20. The van der Waals surface area contributed by atoms with E-state index in [9.17, 15) is 0 Å². The average molecular weight is 924 g/mol. The second-order valence-corrected chi connectivity index (χ2v) is 29.5. The number of hydrogen-bond acceptors (Lipinski definition) is 1. The van der Waals surface area contributed by atoms with E-state index in [-0.39, 0.29) is 28.2 Å². The highest BCUT2D eigenvalue weighted by atomic mass is 28.3. The first-order valence-corrected chi connectivity index (χ1v) is 28.8. The Balaban J connectivity index is 1.32. The summed E-state index contributed by atoms with van der Waals surface area (Å²) in [4.78, 5) is 0. The molecule has 0 radical (unpaired) electrons. The SMILES string of the molecule is C=C1C2C(CCc3ccc4c(oc5ccccc54)c3-c3n(-c4c(-c5ccccc5)cccc4C(C)(C)C)c4ccccc4[n+]31)c1ccc(C(C)(C)C)cc1-c1cc(CC(C)(C)C)c([Si](C)(C)C)c[n+]12. The smallest absolute Gasteiger partial charge is 0.304 e. The Labute approximate surface area is 411 Å². The first-order valence-electron chi connectivity index (χ1n) is 25.3. The fraction of sp³-hybridized carbons (Fsp3) is 0.312. The summed E-state index contributed by atoms with van der Waals surface area (Å²) < 4.78 is 15.1. The molecular weight excluding hydrogens is 855 g/mol. The van der Waals surface area contributed by atoms with Crippen molar-refractivity contribution in [2.45, 2.75) is 124 Å². The van der Waals surface area contributed by atoms with E-state index in [4.69, 9.17) is 11.0 Å². The summed E-state index contributed by atoms with van der Waals surface area (Å²) in [6.45, 7) is 34.2. The number of pyridine rings is 1. The number of aromatic nitrogens is 3. The van der Waals surface area contributed by atoms with Crippen molar-refractivity contribution in [2.75, 3.05) is 0 Å². The van der Waals surface area contributed by atoms with Crippen molar-refractivity contribution in [3.63, 3.8) is 0 Å². The van der Waals surface area contributed by atoms with Crippen LogP contribution in [0.2, 0.25) is 19.6 Å². The molecule has 6 aromatic carbocycles. The lowest BCUT2D eigenvalue weighted by atomic mass is 9.75. The summed E-state index contributed by atoms with van der Waals surface area (Å²) >= 11 is 0. The van der Waals surface area contributed by atoms with Crippen molar-refractivity contribution >= 4 is 51.9 Å². The fourth-order valence-electron chi connectivity index (χ4n) is 12.0. The third-order valence-corrected chi connectivity index (χ3v) is 17.2. The molecule has 9 aromatic rings. The minimum absolute atomic E-state index is 0.00332. The van der Waals surface area contributed by atoms with Crippen LogP contribution in [-0.4, -0.2) is 12.6 Å². The van der Waals surface area contributed by atoms with Crippen molar-refractivity contribution in [1.82, 2.24) is 4.57 Å². The highest BCUT2D eigenvalue weighted by Crippen LogP contribution is 2.50. The molecule has 0 amide bonds. The van der Waals surface area contributed by atoms with Gasteiger partial charge in [-0.15, -0.1) is 0 Å². The van der Waals surface area contributed by atoms with E-state index in [1.54, 1.807) is 0 Å². The summed E-state index contributed by atoms with van der Waals surface area (Å²) in [6, 6.07) is 50.2. The number of fused-ring (bicyclic) bond motifs is 15. The molecule has 0 N–H and O–H groups in total. The molecule has 2 aliphatic heterocycles. The number of furan rings is 1. The number of benzene rings is 6. The number of hydrogen-bond donors (Lipinski definition) is 0. The van der Waals surface area contributed by atoms with Gasteiger partial charge in [0.05, 0.1) is 19.6 Å². The third kappa shape index (κ3) is 7.46. The molecule has 2 aliphatic rings. The van der Waals surface area contributed by atoms with Crippen molar-refractivity contribution in [1.29, 1.82) is 0 Å². The van der Waals surface area contributed by atoms with Gasteiger partial charge < -0.3 is 4.42 Å². The van der Waals surface area contributed by atoms with Crippen LogP contribution in [0.1, 0.15) is 109 Å². The number of nitrogens with zero attached hydrogens (tertiary/aromatic N) is 3. The predicted molar refractivity (Wildman–Crippen MR) is 293 cm³/mol. The van der Waals surface area contributed by atoms with Crippen LogP contribution in [0.25, 0.3) is 78.1 Å². The van der Waals surface area contributed by atoms with E-state index in [1.807, 2.05) is 0 Å². The highest BCUT2D eigenvalue weighted by Gasteiger charge is 2.49. The number of imidazole rings is 1. The predicted octanol–water partition coefficient (Wildman–Crippen LogP) is 15.6. The van der Waals surface area contributed by atoms with E-state index < -0.39 is 8.07 Å². The maximum absolute atomic E-state index is 7.20. The molecule has 2 unspecified atom stereocenters. The van der Waals surface area contributed by atoms with Gasteiger partial charge >= 0.3 is 5.82 Å². The van der Waals surface area contributed by atoms with E-state index >= 15 is 0 Å². The molecule has 4 nitrogen and oxygen atoms in total. The molecule has 0 spiro atoms. The number of para-hydroxylation sites is 4. The minimum atomic E-state index is -1.87. The van der Waals surface area contributed by atoms with E-state index in [0.29, 0.717) is 0 Å². The van der Waals surface area contributed by atoms with Gasteiger partial charge in [0, 0.05) is 33.2 Å². The van der Waals surface area contributed by atoms with Gasteiger partial charge in [0.25, 0.3) is 0 Å². The summed E-state index contributed by atoms with van der Waals surface area (Å²) in [5, 5.41) is 3.80. The summed E-state index contributed by atoms with van der Waals surface area (Å²) in [5.41, 5.74) is 19.3. The van der Waals surface area contributed by atoms with E-state index in [2.05, 4.69) is 235 Å². The molecule has 0 fully saturated rings. The Morgan fingerprint density at radius 1 is 0.710 bits per heavy atom. The van der Waals surface area contributed by atoms with E-state index in [0.717, 1.165) is 69.3 Å². The normalized spacial score (nSPS) is 16.4. The zero-order valence-electron chi connectivity index (χ0n) is 43.0. The Bertz CT molecular complexity index is 3540. The van der Waals surface area contributed by atoms with Crippen LogP contribution in [0.5, 0.6) is 0 Å². The van der Waals surface area contributed by atoms with Gasteiger partial charge in [0.1, 0.15) is 16.8 Å². The van der Waals surface area contributed by atoms with Crippen LogP contribution in [0.4, 0.5) is 0 Å². The Morgan fingerprint density at radius 3 is 2.16 bits per heavy atom. The molecular formula is C64H69N3OSi+2. The van der Waals surface area contributed by atoms with Crippen LogP contribution in [-0.2, 0) is 23.7 Å². The monoisotopic (exact) mass is 924 g/mol. The quantitative estimate of drug-likeness (QED) is 0.128. The van der Waals surface area contributed by atoms with Crippen LogP contribution in [0, 0.1) is 5.41 Å². The highest BCUT2D eigenvalue weighted by molar-refractivity contribution is 6.89. The molecule has 0 saturated carbocycles. The zero-order chi connectivity index (χ0) is 48.5. The molecule has 0 saturated heterocycles. The van der Waals surface area contributed by atoms with Crippen LogP contribution in [0.15, 0.2) is 151 Å². The Kier molecular flexibility index (Phi) is 10.4. The summed E-state index contributed by atoms with van der Waals surface area (Å²) in [6.07, 6.45) is 5.45. The number of aryl methyl sites for hydroxylation is 1. The van der Waals surface area contributed by atoms with Crippen molar-refractivity contribution in [3.05, 3.63) is 174 Å². The second kappa shape index (κ2) is 15.9. The fourth-order valence-corrected chi connectivity index (χ4v) is 13.6. The second-order valence-electron chi connectivity index (χ2n) is 24.5.